The molecule has 56 valence electrons. The zero-order valence-corrected chi connectivity index (χ0v) is 7.10. The minimum Gasteiger partial charge on any atom is -0.212 e. The van der Waals surface area contributed by atoms with Crippen molar-refractivity contribution in [2.24, 2.45) is 0 Å². The molecular weight excluding hydrogens is 211 g/mol. The number of hydrogen-bond acceptors (Lipinski definition) is 2. The highest BCUT2D eigenvalue weighted by atomic mass is 79.9. The second-order valence-electron chi connectivity index (χ2n) is 1.92. The van der Waals surface area contributed by atoms with Gasteiger partial charge in [0.1, 0.15) is 4.60 Å². The van der Waals surface area contributed by atoms with Crippen LogP contribution in [0.15, 0.2) is 16.7 Å². The van der Waals surface area contributed by atoms with Gasteiger partial charge in [0.15, 0.2) is 0 Å². The van der Waals surface area contributed by atoms with Crippen molar-refractivity contribution in [1.82, 2.24) is 4.98 Å². The van der Waals surface area contributed by atoms with Crippen molar-refractivity contribution in [1.29, 1.82) is 5.26 Å². The van der Waals surface area contributed by atoms with Crippen LogP contribution in [0.25, 0.3) is 0 Å². The first-order valence-electron chi connectivity index (χ1n) is 2.92. The van der Waals surface area contributed by atoms with Crippen molar-refractivity contribution in [2.45, 2.75) is 6.42 Å². The maximum absolute atomic E-state index is 12.4. The summed E-state index contributed by atoms with van der Waals surface area (Å²) in [5, 5.41) is 8.32. The van der Waals surface area contributed by atoms with Crippen LogP contribution >= 0.6 is 15.9 Å². The molecule has 0 spiro atoms. The third kappa shape index (κ3) is 1.99. The lowest BCUT2D eigenvalue weighted by atomic mass is 10.2. The summed E-state index contributed by atoms with van der Waals surface area (Å²) in [5.74, 6) is -0.543. The quantitative estimate of drug-likeness (QED) is 0.672. The predicted molar refractivity (Wildman–Crippen MR) is 41.2 cm³/mol. The molecule has 1 rings (SSSR count). The van der Waals surface area contributed by atoms with E-state index < -0.39 is 5.95 Å². The Balaban J connectivity index is 3.01. The van der Waals surface area contributed by atoms with Crippen LogP contribution < -0.4 is 0 Å². The second kappa shape index (κ2) is 3.44. The molecule has 0 fully saturated rings. The summed E-state index contributed by atoms with van der Waals surface area (Å²) in [6, 6.07) is 4.72. The van der Waals surface area contributed by atoms with Gasteiger partial charge in [-0.3, -0.25) is 0 Å². The third-order valence-corrected chi connectivity index (χ3v) is 1.85. The van der Waals surface area contributed by atoms with Gasteiger partial charge in [-0.2, -0.15) is 9.65 Å². The molecular formula is C7H4BrFN2. The van der Waals surface area contributed by atoms with Gasteiger partial charge in [0.25, 0.3) is 0 Å². The summed E-state index contributed by atoms with van der Waals surface area (Å²) in [5.41, 5.74) is 0.703. The molecule has 0 aliphatic rings. The van der Waals surface area contributed by atoms with E-state index >= 15 is 0 Å². The summed E-state index contributed by atoms with van der Waals surface area (Å²) in [7, 11) is 0. The Morgan fingerprint density at radius 2 is 2.36 bits per heavy atom. The number of halogens is 2. The number of aromatic nitrogens is 1. The SMILES string of the molecule is N#CCc1ccc(F)nc1Br. The molecule has 0 unspecified atom stereocenters. The molecule has 0 atom stereocenters. The molecule has 1 aromatic rings. The maximum atomic E-state index is 12.4. The maximum Gasteiger partial charge on any atom is 0.213 e. The van der Waals surface area contributed by atoms with Crippen LogP contribution in [-0.2, 0) is 6.42 Å². The summed E-state index contributed by atoms with van der Waals surface area (Å²) < 4.78 is 12.8. The Bertz CT molecular complexity index is 306. The molecule has 0 saturated carbocycles. The van der Waals surface area contributed by atoms with Crippen LogP contribution in [0.4, 0.5) is 4.39 Å². The highest BCUT2D eigenvalue weighted by Gasteiger charge is 2.00. The molecule has 2 nitrogen and oxygen atoms in total. The normalized spacial score (nSPS) is 9.18. The van der Waals surface area contributed by atoms with Gasteiger partial charge < -0.3 is 0 Å². The molecule has 0 radical (unpaired) electrons. The van der Waals surface area contributed by atoms with Gasteiger partial charge in [0.05, 0.1) is 12.5 Å². The summed E-state index contributed by atoms with van der Waals surface area (Å²) >= 11 is 3.05. The molecule has 0 aliphatic carbocycles. The highest BCUT2D eigenvalue weighted by Crippen LogP contribution is 2.13. The van der Waals surface area contributed by atoms with E-state index in [1.807, 2.05) is 6.07 Å². The number of hydrogen-bond donors (Lipinski definition) is 0. The Hall–Kier alpha value is -0.950. The zero-order chi connectivity index (χ0) is 8.27. The predicted octanol–water partition coefficient (Wildman–Crippen LogP) is 2.05. The van der Waals surface area contributed by atoms with Gasteiger partial charge in [0.2, 0.25) is 5.95 Å². The first-order chi connectivity index (χ1) is 5.24. The Labute approximate surface area is 71.8 Å². The van der Waals surface area contributed by atoms with E-state index in [-0.39, 0.29) is 6.42 Å². The molecule has 0 bridgehead atoms. The summed E-state index contributed by atoms with van der Waals surface area (Å²) in [4.78, 5) is 3.49. The minimum atomic E-state index is -0.543. The summed E-state index contributed by atoms with van der Waals surface area (Å²) in [6.45, 7) is 0. The fourth-order valence-electron chi connectivity index (χ4n) is 0.658. The van der Waals surface area contributed by atoms with Crippen LogP contribution in [0.3, 0.4) is 0 Å². The van der Waals surface area contributed by atoms with E-state index in [4.69, 9.17) is 5.26 Å². The van der Waals surface area contributed by atoms with Crippen molar-refractivity contribution in [3.63, 3.8) is 0 Å². The Morgan fingerprint density at radius 1 is 1.64 bits per heavy atom. The van der Waals surface area contributed by atoms with Crippen molar-refractivity contribution in [3.8, 4) is 6.07 Å². The van der Waals surface area contributed by atoms with E-state index in [9.17, 15) is 4.39 Å². The Morgan fingerprint density at radius 3 is 2.91 bits per heavy atom. The van der Waals surface area contributed by atoms with E-state index in [1.54, 1.807) is 0 Å². The number of nitrogens with zero attached hydrogens (tertiary/aromatic N) is 2. The van der Waals surface area contributed by atoms with Gasteiger partial charge >= 0.3 is 0 Å². The van der Waals surface area contributed by atoms with Crippen LogP contribution in [-0.4, -0.2) is 4.98 Å². The van der Waals surface area contributed by atoms with Crippen LogP contribution in [0.2, 0.25) is 0 Å². The number of nitriles is 1. The van der Waals surface area contributed by atoms with Gasteiger partial charge in [-0.05, 0) is 27.6 Å². The zero-order valence-electron chi connectivity index (χ0n) is 5.51. The second-order valence-corrected chi connectivity index (χ2v) is 2.67. The standard InChI is InChI=1S/C7H4BrFN2/c8-7-5(3-4-10)1-2-6(9)11-7/h1-2H,3H2. The minimum absolute atomic E-state index is 0.244. The van der Waals surface area contributed by atoms with E-state index in [0.29, 0.717) is 10.2 Å². The van der Waals surface area contributed by atoms with E-state index in [1.165, 1.54) is 12.1 Å². The lowest BCUT2D eigenvalue weighted by molar-refractivity contribution is 0.579. The van der Waals surface area contributed by atoms with Gasteiger partial charge in [-0.1, -0.05) is 6.07 Å². The molecule has 4 heteroatoms. The van der Waals surface area contributed by atoms with Crippen molar-refractivity contribution < 1.29 is 4.39 Å². The summed E-state index contributed by atoms with van der Waals surface area (Å²) in [6.07, 6.45) is 0.244. The molecule has 11 heavy (non-hydrogen) atoms. The van der Waals surface area contributed by atoms with Gasteiger partial charge in [-0.25, -0.2) is 4.98 Å². The molecule has 0 saturated heterocycles. The van der Waals surface area contributed by atoms with Crippen molar-refractivity contribution in [3.05, 3.63) is 28.2 Å². The molecule has 0 amide bonds. The van der Waals surface area contributed by atoms with E-state index in [2.05, 4.69) is 20.9 Å². The van der Waals surface area contributed by atoms with Crippen molar-refractivity contribution in [2.75, 3.05) is 0 Å². The largest absolute Gasteiger partial charge is 0.213 e. The van der Waals surface area contributed by atoms with Gasteiger partial charge in [-0.15, -0.1) is 0 Å². The van der Waals surface area contributed by atoms with Gasteiger partial charge in [0, 0.05) is 0 Å². The molecule has 0 N–H and O–H groups in total. The third-order valence-electron chi connectivity index (χ3n) is 1.16. The molecule has 0 aromatic carbocycles. The van der Waals surface area contributed by atoms with Crippen molar-refractivity contribution >= 4 is 15.9 Å². The average molecular weight is 215 g/mol. The molecule has 1 aromatic heterocycles. The van der Waals surface area contributed by atoms with Crippen LogP contribution in [0, 0.1) is 17.3 Å². The molecule has 1 heterocycles. The number of pyridine rings is 1. The first kappa shape index (κ1) is 8.15. The smallest absolute Gasteiger partial charge is 0.212 e. The Kier molecular flexibility index (Phi) is 2.55. The lowest BCUT2D eigenvalue weighted by Gasteiger charge is -1.96. The fourth-order valence-corrected chi connectivity index (χ4v) is 1.10. The number of rotatable bonds is 1. The average Bonchev–Trinajstić information content (AvgIpc) is 1.95. The monoisotopic (exact) mass is 214 g/mol. The first-order valence-corrected chi connectivity index (χ1v) is 3.71. The van der Waals surface area contributed by atoms with Crippen LogP contribution in [0.1, 0.15) is 5.56 Å². The lowest BCUT2D eigenvalue weighted by Crippen LogP contribution is -1.89. The molecule has 0 aliphatic heterocycles. The topological polar surface area (TPSA) is 36.7 Å². The highest BCUT2D eigenvalue weighted by molar-refractivity contribution is 9.10. The fraction of sp³-hybridized carbons (Fsp3) is 0.143. The van der Waals surface area contributed by atoms with Crippen LogP contribution in [0.5, 0.6) is 0 Å². The van der Waals surface area contributed by atoms with E-state index in [0.717, 1.165) is 0 Å².